The largest absolute Gasteiger partial charge is 0.336 e. The van der Waals surface area contributed by atoms with Crippen molar-refractivity contribution in [1.29, 1.82) is 0 Å². The summed E-state index contributed by atoms with van der Waals surface area (Å²) in [5.41, 5.74) is 8.39. The first-order chi connectivity index (χ1) is 7.52. The molecule has 0 atom stereocenters. The maximum atomic E-state index is 11.5. The summed E-state index contributed by atoms with van der Waals surface area (Å²) < 4.78 is 0. The van der Waals surface area contributed by atoms with E-state index in [1.165, 1.54) is 0 Å². The molecule has 0 saturated carbocycles. The van der Waals surface area contributed by atoms with E-state index in [9.17, 15) is 4.79 Å². The van der Waals surface area contributed by atoms with E-state index in [0.717, 1.165) is 16.8 Å². The molecule has 1 aromatic carbocycles. The Bertz CT molecular complexity index is 375. The fourth-order valence-corrected chi connectivity index (χ4v) is 1.35. The minimum Gasteiger partial charge on any atom is -0.336 e. The predicted molar refractivity (Wildman–Crippen MR) is 66.4 cm³/mol. The molecular weight excluding hydrogens is 202 g/mol. The number of amides is 2. The van der Waals surface area contributed by atoms with Gasteiger partial charge in [0, 0.05) is 18.3 Å². The van der Waals surface area contributed by atoms with E-state index in [1.54, 1.807) is 0 Å². The van der Waals surface area contributed by atoms with Crippen molar-refractivity contribution in [3.63, 3.8) is 0 Å². The van der Waals surface area contributed by atoms with Crippen LogP contribution in [0.25, 0.3) is 0 Å². The van der Waals surface area contributed by atoms with Crippen LogP contribution in [0.5, 0.6) is 0 Å². The quantitative estimate of drug-likeness (QED) is 0.730. The lowest BCUT2D eigenvalue weighted by molar-refractivity contribution is 0.250. The van der Waals surface area contributed by atoms with E-state index >= 15 is 0 Å². The van der Waals surface area contributed by atoms with Gasteiger partial charge in [-0.3, -0.25) is 0 Å². The van der Waals surface area contributed by atoms with Crippen molar-refractivity contribution >= 4 is 11.7 Å². The van der Waals surface area contributed by atoms with E-state index in [2.05, 4.69) is 10.6 Å². The maximum Gasteiger partial charge on any atom is 0.319 e. The van der Waals surface area contributed by atoms with Crippen LogP contribution in [0.1, 0.15) is 25.0 Å². The summed E-state index contributed by atoms with van der Waals surface area (Å²) in [6.07, 6.45) is 0. The Labute approximate surface area is 96.2 Å². The van der Waals surface area contributed by atoms with Crippen LogP contribution in [0.2, 0.25) is 0 Å². The number of anilines is 1. The summed E-state index contributed by atoms with van der Waals surface area (Å²) >= 11 is 0. The van der Waals surface area contributed by atoms with Gasteiger partial charge >= 0.3 is 6.03 Å². The number of nitrogens with one attached hydrogen (secondary N) is 2. The molecule has 0 aliphatic rings. The van der Waals surface area contributed by atoms with Crippen molar-refractivity contribution in [2.45, 2.75) is 33.4 Å². The van der Waals surface area contributed by atoms with Gasteiger partial charge in [-0.25, -0.2) is 4.79 Å². The first kappa shape index (κ1) is 12.5. The Balaban J connectivity index is 2.75. The van der Waals surface area contributed by atoms with Gasteiger partial charge in [0.15, 0.2) is 0 Å². The van der Waals surface area contributed by atoms with Crippen LogP contribution in [0.3, 0.4) is 0 Å². The van der Waals surface area contributed by atoms with Gasteiger partial charge in [-0.1, -0.05) is 12.1 Å². The predicted octanol–water partition coefficient (Wildman–Crippen LogP) is 1.98. The van der Waals surface area contributed by atoms with E-state index in [0.29, 0.717) is 6.54 Å². The van der Waals surface area contributed by atoms with Gasteiger partial charge in [-0.05, 0) is 38.0 Å². The molecule has 1 rings (SSSR count). The van der Waals surface area contributed by atoms with E-state index in [4.69, 9.17) is 5.73 Å². The van der Waals surface area contributed by atoms with Crippen LogP contribution >= 0.6 is 0 Å². The first-order valence-corrected chi connectivity index (χ1v) is 5.40. The first-order valence-electron chi connectivity index (χ1n) is 5.40. The number of hydrogen-bond donors (Lipinski definition) is 3. The number of aryl methyl sites for hydroxylation is 1. The zero-order valence-corrected chi connectivity index (χ0v) is 10.0. The average molecular weight is 221 g/mol. The van der Waals surface area contributed by atoms with Crippen LogP contribution in [0, 0.1) is 6.92 Å². The second-order valence-corrected chi connectivity index (χ2v) is 4.11. The van der Waals surface area contributed by atoms with Crippen LogP contribution in [0.15, 0.2) is 18.2 Å². The second kappa shape index (κ2) is 5.51. The van der Waals surface area contributed by atoms with E-state index in [-0.39, 0.29) is 12.1 Å². The highest BCUT2D eigenvalue weighted by Gasteiger charge is 2.05. The number of nitrogens with two attached hydrogens (primary N) is 1. The third-order valence-corrected chi connectivity index (χ3v) is 2.21. The highest BCUT2D eigenvalue weighted by molar-refractivity contribution is 5.90. The molecule has 4 N–H and O–H groups in total. The Kier molecular flexibility index (Phi) is 4.31. The maximum absolute atomic E-state index is 11.5. The van der Waals surface area contributed by atoms with Crippen LogP contribution in [-0.4, -0.2) is 12.1 Å². The molecule has 0 radical (unpaired) electrons. The lowest BCUT2D eigenvalue weighted by atomic mass is 10.1. The molecule has 0 aliphatic carbocycles. The van der Waals surface area contributed by atoms with Gasteiger partial charge in [0.25, 0.3) is 0 Å². The van der Waals surface area contributed by atoms with Crippen LogP contribution in [-0.2, 0) is 6.54 Å². The number of benzene rings is 1. The van der Waals surface area contributed by atoms with Gasteiger partial charge in [0.05, 0.1) is 0 Å². The molecule has 0 saturated heterocycles. The molecule has 0 heterocycles. The Morgan fingerprint density at radius 3 is 2.69 bits per heavy atom. The van der Waals surface area contributed by atoms with Gasteiger partial charge in [-0.15, -0.1) is 0 Å². The molecule has 0 fully saturated rings. The van der Waals surface area contributed by atoms with Crippen molar-refractivity contribution in [3.8, 4) is 0 Å². The monoisotopic (exact) mass is 221 g/mol. The van der Waals surface area contributed by atoms with E-state index < -0.39 is 0 Å². The topological polar surface area (TPSA) is 67.1 Å². The normalized spacial score (nSPS) is 10.3. The third-order valence-electron chi connectivity index (χ3n) is 2.21. The fraction of sp³-hybridized carbons (Fsp3) is 0.417. The average Bonchev–Trinajstić information content (AvgIpc) is 2.20. The summed E-state index contributed by atoms with van der Waals surface area (Å²) in [6, 6.07) is 5.74. The smallest absolute Gasteiger partial charge is 0.319 e. The highest BCUT2D eigenvalue weighted by atomic mass is 16.2. The highest BCUT2D eigenvalue weighted by Crippen LogP contribution is 2.16. The molecule has 0 bridgehead atoms. The van der Waals surface area contributed by atoms with E-state index in [1.807, 2.05) is 39.0 Å². The number of carbonyl (C=O) groups is 1. The Morgan fingerprint density at radius 2 is 2.12 bits per heavy atom. The zero-order chi connectivity index (χ0) is 12.1. The molecule has 0 aliphatic heterocycles. The lowest BCUT2D eigenvalue weighted by Crippen LogP contribution is -2.34. The van der Waals surface area contributed by atoms with Crippen LogP contribution in [0.4, 0.5) is 10.5 Å². The van der Waals surface area contributed by atoms with Crippen molar-refractivity contribution in [1.82, 2.24) is 5.32 Å². The van der Waals surface area contributed by atoms with Gasteiger partial charge in [0.1, 0.15) is 0 Å². The zero-order valence-electron chi connectivity index (χ0n) is 10.0. The summed E-state index contributed by atoms with van der Waals surface area (Å²) in [7, 11) is 0. The van der Waals surface area contributed by atoms with Gasteiger partial charge in [-0.2, -0.15) is 0 Å². The van der Waals surface area contributed by atoms with Gasteiger partial charge in [0.2, 0.25) is 0 Å². The molecule has 2 amide bonds. The molecule has 0 spiro atoms. The molecule has 4 heteroatoms. The Hall–Kier alpha value is -1.55. The minimum atomic E-state index is -0.188. The molecule has 88 valence electrons. The van der Waals surface area contributed by atoms with Crippen molar-refractivity contribution in [2.75, 3.05) is 5.32 Å². The fourth-order valence-electron chi connectivity index (χ4n) is 1.35. The number of urea groups is 1. The summed E-state index contributed by atoms with van der Waals surface area (Å²) in [6.45, 7) is 6.26. The van der Waals surface area contributed by atoms with Gasteiger partial charge < -0.3 is 16.4 Å². The van der Waals surface area contributed by atoms with Crippen molar-refractivity contribution in [2.24, 2.45) is 5.73 Å². The van der Waals surface area contributed by atoms with Crippen LogP contribution < -0.4 is 16.4 Å². The van der Waals surface area contributed by atoms with Crippen molar-refractivity contribution in [3.05, 3.63) is 29.3 Å². The summed E-state index contributed by atoms with van der Waals surface area (Å²) in [4.78, 5) is 11.5. The minimum absolute atomic E-state index is 0.123. The molecule has 16 heavy (non-hydrogen) atoms. The standard InChI is InChI=1S/C12H19N3O/c1-8(2)14-12(16)15-11-6-10(7-13)5-4-9(11)3/h4-6,8H,7,13H2,1-3H3,(H2,14,15,16). The number of rotatable bonds is 3. The number of carbonyl (C=O) groups excluding carboxylic acids is 1. The Morgan fingerprint density at radius 1 is 1.44 bits per heavy atom. The molecule has 0 aromatic heterocycles. The molecule has 1 aromatic rings. The lowest BCUT2D eigenvalue weighted by Gasteiger charge is -2.12. The number of hydrogen-bond acceptors (Lipinski definition) is 2. The molecular formula is C12H19N3O. The third kappa shape index (κ3) is 3.55. The summed E-state index contributed by atoms with van der Waals surface area (Å²) in [5, 5.41) is 5.59. The summed E-state index contributed by atoms with van der Waals surface area (Å²) in [5.74, 6) is 0. The molecule has 4 nitrogen and oxygen atoms in total. The SMILES string of the molecule is Cc1ccc(CN)cc1NC(=O)NC(C)C. The van der Waals surface area contributed by atoms with Crippen molar-refractivity contribution < 1.29 is 4.79 Å². The molecule has 0 unspecified atom stereocenters. The second-order valence-electron chi connectivity index (χ2n) is 4.11.